The summed E-state index contributed by atoms with van der Waals surface area (Å²) in [4.78, 5) is 30.9. The average Bonchev–Trinajstić information content (AvgIpc) is 1.99. The van der Waals surface area contributed by atoms with E-state index in [1.807, 2.05) is 0 Å². The summed E-state index contributed by atoms with van der Waals surface area (Å²) in [7, 11) is -4.09. The van der Waals surface area contributed by atoms with Crippen LogP contribution in [-0.4, -0.2) is 29.0 Å². The van der Waals surface area contributed by atoms with E-state index in [0.29, 0.717) is 0 Å². The molecule has 0 aromatic heterocycles. The quantitative estimate of drug-likeness (QED) is 0.652. The molecular weight excluding hydrogens is 209 g/mol. The highest BCUT2D eigenvalue weighted by atomic mass is 31.2. The van der Waals surface area contributed by atoms with Crippen molar-refractivity contribution in [2.45, 2.75) is 26.6 Å². The lowest BCUT2D eigenvalue weighted by atomic mass is 10.4. The Hall–Kier alpha value is -0.710. The minimum atomic E-state index is -4.09. The predicted molar refractivity (Wildman–Crippen MR) is 49.7 cm³/mol. The highest BCUT2D eigenvalue weighted by molar-refractivity contribution is 7.54. The maximum Gasteiger partial charge on any atom is 0.357 e. The van der Waals surface area contributed by atoms with Gasteiger partial charge in [0, 0.05) is 6.92 Å². The molecule has 0 saturated heterocycles. The third kappa shape index (κ3) is 4.00. The van der Waals surface area contributed by atoms with Crippen molar-refractivity contribution < 1.29 is 23.6 Å². The first kappa shape index (κ1) is 13.3. The summed E-state index contributed by atoms with van der Waals surface area (Å²) in [5.41, 5.74) is 0. The molecule has 0 heterocycles. The van der Waals surface area contributed by atoms with E-state index in [4.69, 9.17) is 0 Å². The Morgan fingerprint density at radius 2 is 2.00 bits per heavy atom. The van der Waals surface area contributed by atoms with Crippen LogP contribution in [-0.2, 0) is 18.7 Å². The summed E-state index contributed by atoms with van der Waals surface area (Å²) in [6.45, 7) is 3.79. The normalized spacial score (nSPS) is 16.9. The number of amides is 1. The fraction of sp³-hybridized carbons (Fsp3) is 0.714. The van der Waals surface area contributed by atoms with Crippen LogP contribution < -0.4 is 5.32 Å². The zero-order valence-corrected chi connectivity index (χ0v) is 9.21. The second kappa shape index (κ2) is 5.24. The van der Waals surface area contributed by atoms with Gasteiger partial charge in [0.15, 0.2) is 11.6 Å². The number of nitrogens with one attached hydrogen (secondary N) is 1. The predicted octanol–water partition coefficient (Wildman–Crippen LogP) is 0.260. The fourth-order valence-electron chi connectivity index (χ4n) is 0.865. The highest BCUT2D eigenvalue weighted by Crippen LogP contribution is 2.46. The second-order valence-corrected chi connectivity index (χ2v) is 4.60. The van der Waals surface area contributed by atoms with Crippen LogP contribution in [0, 0.1) is 0 Å². The molecule has 0 aliphatic rings. The van der Waals surface area contributed by atoms with E-state index in [1.54, 1.807) is 0 Å². The van der Waals surface area contributed by atoms with Crippen LogP contribution in [0.1, 0.15) is 20.8 Å². The number of ketones is 1. The van der Waals surface area contributed by atoms with E-state index in [2.05, 4.69) is 9.84 Å². The average molecular weight is 223 g/mol. The van der Waals surface area contributed by atoms with Crippen LogP contribution in [0.5, 0.6) is 0 Å². The first-order chi connectivity index (χ1) is 6.31. The van der Waals surface area contributed by atoms with E-state index < -0.39 is 25.1 Å². The number of carbonyl (C=O) groups excluding carboxylic acids is 2. The monoisotopic (exact) mass is 223 g/mol. The zero-order valence-electron chi connectivity index (χ0n) is 8.31. The Labute approximate surface area is 82.2 Å². The van der Waals surface area contributed by atoms with Gasteiger partial charge in [0.1, 0.15) is 0 Å². The molecular formula is C7H14NO5P. The molecule has 0 rings (SSSR count). The van der Waals surface area contributed by atoms with Crippen molar-refractivity contribution in [1.29, 1.82) is 0 Å². The van der Waals surface area contributed by atoms with Crippen molar-refractivity contribution >= 4 is 19.3 Å². The van der Waals surface area contributed by atoms with Gasteiger partial charge in [-0.2, -0.15) is 0 Å². The molecule has 1 amide bonds. The summed E-state index contributed by atoms with van der Waals surface area (Å²) < 4.78 is 15.9. The van der Waals surface area contributed by atoms with Gasteiger partial charge in [-0.05, 0) is 13.8 Å². The van der Waals surface area contributed by atoms with E-state index in [0.717, 1.165) is 13.8 Å². The Balaban J connectivity index is 4.72. The molecule has 0 aliphatic heterocycles. The lowest BCUT2D eigenvalue weighted by Gasteiger charge is -2.19. The van der Waals surface area contributed by atoms with Gasteiger partial charge >= 0.3 is 7.60 Å². The molecule has 2 atom stereocenters. The summed E-state index contributed by atoms with van der Waals surface area (Å²) in [5.74, 6) is -2.64. The van der Waals surface area contributed by atoms with Crippen LogP contribution in [0.3, 0.4) is 0 Å². The van der Waals surface area contributed by atoms with E-state index in [-0.39, 0.29) is 6.61 Å². The summed E-state index contributed by atoms with van der Waals surface area (Å²) >= 11 is 0. The maximum absolute atomic E-state index is 11.4. The lowest BCUT2D eigenvalue weighted by molar-refractivity contribution is -0.124. The van der Waals surface area contributed by atoms with Gasteiger partial charge in [0.25, 0.3) is 0 Å². The summed E-state index contributed by atoms with van der Waals surface area (Å²) in [6, 6.07) is 0. The van der Waals surface area contributed by atoms with Crippen LogP contribution >= 0.6 is 7.60 Å². The minimum Gasteiger partial charge on any atom is -0.336 e. The van der Waals surface area contributed by atoms with Crippen molar-refractivity contribution in [2.75, 3.05) is 6.61 Å². The van der Waals surface area contributed by atoms with Gasteiger partial charge < -0.3 is 14.7 Å². The maximum atomic E-state index is 11.4. The van der Waals surface area contributed by atoms with Crippen molar-refractivity contribution in [1.82, 2.24) is 5.32 Å². The third-order valence-corrected chi connectivity index (χ3v) is 3.14. The Bertz CT molecular complexity index is 277. The third-order valence-electron chi connectivity index (χ3n) is 1.37. The summed E-state index contributed by atoms with van der Waals surface area (Å²) in [6.07, 6.45) is 0. The molecule has 14 heavy (non-hydrogen) atoms. The number of hydrogen-bond acceptors (Lipinski definition) is 4. The zero-order chi connectivity index (χ0) is 11.4. The van der Waals surface area contributed by atoms with E-state index in [1.165, 1.54) is 6.92 Å². The van der Waals surface area contributed by atoms with Gasteiger partial charge in [-0.1, -0.05) is 0 Å². The minimum absolute atomic E-state index is 0.00283. The molecule has 7 heteroatoms. The molecule has 0 fully saturated rings. The largest absolute Gasteiger partial charge is 0.357 e. The van der Waals surface area contributed by atoms with Crippen molar-refractivity contribution in [3.05, 3.63) is 0 Å². The molecule has 6 nitrogen and oxygen atoms in total. The molecule has 0 aromatic rings. The Morgan fingerprint density at radius 3 is 2.29 bits per heavy atom. The van der Waals surface area contributed by atoms with Crippen molar-refractivity contribution in [2.24, 2.45) is 0 Å². The molecule has 82 valence electrons. The van der Waals surface area contributed by atoms with Gasteiger partial charge in [0.2, 0.25) is 5.91 Å². The van der Waals surface area contributed by atoms with Gasteiger partial charge in [-0.3, -0.25) is 14.2 Å². The van der Waals surface area contributed by atoms with Crippen molar-refractivity contribution in [3.8, 4) is 0 Å². The molecule has 0 aliphatic carbocycles. The lowest BCUT2D eigenvalue weighted by Crippen LogP contribution is -2.38. The molecule has 0 saturated carbocycles. The van der Waals surface area contributed by atoms with Crippen molar-refractivity contribution in [3.63, 3.8) is 0 Å². The smallest absolute Gasteiger partial charge is 0.336 e. The Morgan fingerprint density at radius 1 is 1.50 bits per heavy atom. The first-order valence-electron chi connectivity index (χ1n) is 4.05. The van der Waals surface area contributed by atoms with Crippen LogP contribution in [0.15, 0.2) is 0 Å². The number of rotatable bonds is 5. The molecule has 2 unspecified atom stereocenters. The van der Waals surface area contributed by atoms with E-state index in [9.17, 15) is 19.0 Å². The van der Waals surface area contributed by atoms with Gasteiger partial charge in [0.05, 0.1) is 6.61 Å². The number of carbonyl (C=O) groups is 2. The van der Waals surface area contributed by atoms with Crippen LogP contribution in [0.25, 0.3) is 0 Å². The van der Waals surface area contributed by atoms with Gasteiger partial charge in [-0.15, -0.1) is 0 Å². The SMILES string of the molecule is CCOP(=O)(O)C(NC(C)=O)C(C)=O. The topological polar surface area (TPSA) is 92.7 Å². The Kier molecular flexibility index (Phi) is 4.97. The summed E-state index contributed by atoms with van der Waals surface area (Å²) in [5, 5.41) is 2.08. The molecule has 0 spiro atoms. The second-order valence-electron chi connectivity index (χ2n) is 2.70. The molecule has 0 radical (unpaired) electrons. The fourth-order valence-corrected chi connectivity index (χ4v) is 2.19. The van der Waals surface area contributed by atoms with Gasteiger partial charge in [-0.25, -0.2) is 0 Å². The highest BCUT2D eigenvalue weighted by Gasteiger charge is 2.36. The molecule has 2 N–H and O–H groups in total. The number of hydrogen-bond donors (Lipinski definition) is 2. The molecule has 0 bridgehead atoms. The standard InChI is InChI=1S/C7H14NO5P/c1-4-13-14(11,12)7(5(2)9)8-6(3)10/h7H,4H2,1-3H3,(H,8,10)(H,11,12). The first-order valence-corrected chi connectivity index (χ1v) is 5.70. The van der Waals surface area contributed by atoms with Crippen LogP contribution in [0.2, 0.25) is 0 Å². The van der Waals surface area contributed by atoms with Crippen LogP contribution in [0.4, 0.5) is 0 Å². The van der Waals surface area contributed by atoms with E-state index >= 15 is 0 Å². The number of Topliss-reactive ketones (excluding diaryl/α,β-unsaturated/α-hetero) is 1. The molecule has 0 aromatic carbocycles.